The fraction of sp³-hybridized carbons (Fsp3) is 0.400. The zero-order valence-electron chi connectivity index (χ0n) is 13.1. The minimum atomic E-state index is 0.371. The largest absolute Gasteiger partial charge is 0.497 e. The molecule has 2 heteroatoms. The minimum absolute atomic E-state index is 0.371. The van der Waals surface area contributed by atoms with Gasteiger partial charge >= 0.3 is 0 Å². The summed E-state index contributed by atoms with van der Waals surface area (Å²) >= 11 is 0. The van der Waals surface area contributed by atoms with Crippen LogP contribution in [-0.2, 0) is 5.41 Å². The Hall–Kier alpha value is -1.80. The van der Waals surface area contributed by atoms with Crippen molar-refractivity contribution in [1.29, 1.82) is 0 Å². The van der Waals surface area contributed by atoms with Gasteiger partial charge in [0.15, 0.2) is 0 Å². The molecular formula is C20H23NO. The number of hydrogen-bond donors (Lipinski definition) is 1. The Labute approximate surface area is 132 Å². The molecule has 0 bridgehead atoms. The molecule has 2 aromatic rings. The molecule has 0 aliphatic heterocycles. The summed E-state index contributed by atoms with van der Waals surface area (Å²) in [6.45, 7) is 1.10. The van der Waals surface area contributed by atoms with Gasteiger partial charge in [-0.15, -0.1) is 0 Å². The molecule has 2 fully saturated rings. The van der Waals surface area contributed by atoms with E-state index in [1.54, 1.807) is 7.11 Å². The van der Waals surface area contributed by atoms with Crippen molar-refractivity contribution < 1.29 is 4.74 Å². The van der Waals surface area contributed by atoms with Crippen molar-refractivity contribution in [1.82, 2.24) is 5.32 Å². The predicted molar refractivity (Wildman–Crippen MR) is 89.5 cm³/mol. The first kappa shape index (κ1) is 13.8. The van der Waals surface area contributed by atoms with Crippen LogP contribution in [0.5, 0.6) is 5.75 Å². The van der Waals surface area contributed by atoms with Crippen LogP contribution in [0.2, 0.25) is 0 Å². The van der Waals surface area contributed by atoms with Crippen molar-refractivity contribution in [3.63, 3.8) is 0 Å². The van der Waals surface area contributed by atoms with E-state index in [1.807, 2.05) is 0 Å². The van der Waals surface area contributed by atoms with Crippen LogP contribution in [0.4, 0.5) is 0 Å². The maximum Gasteiger partial charge on any atom is 0.118 e. The van der Waals surface area contributed by atoms with Gasteiger partial charge in [0.25, 0.3) is 0 Å². The fourth-order valence-electron chi connectivity index (χ4n) is 3.48. The molecular weight excluding hydrogens is 270 g/mol. The zero-order chi connectivity index (χ0) is 15.0. The normalized spacial score (nSPS) is 24.8. The van der Waals surface area contributed by atoms with Crippen LogP contribution in [0.1, 0.15) is 36.3 Å². The third kappa shape index (κ3) is 2.64. The van der Waals surface area contributed by atoms with Gasteiger partial charge in [0, 0.05) is 23.9 Å². The molecule has 0 saturated heterocycles. The number of benzene rings is 2. The summed E-state index contributed by atoms with van der Waals surface area (Å²) in [6, 6.07) is 20.2. The van der Waals surface area contributed by atoms with E-state index < -0.39 is 0 Å². The van der Waals surface area contributed by atoms with Gasteiger partial charge in [-0.1, -0.05) is 42.5 Å². The molecule has 4 rings (SSSR count). The molecule has 1 unspecified atom stereocenters. The second-order valence-corrected chi connectivity index (χ2v) is 6.75. The molecule has 0 aromatic heterocycles. The lowest BCUT2D eigenvalue weighted by molar-refractivity contribution is 0.414. The van der Waals surface area contributed by atoms with Gasteiger partial charge < -0.3 is 10.1 Å². The van der Waals surface area contributed by atoms with Crippen molar-refractivity contribution in [2.24, 2.45) is 0 Å². The molecule has 0 heterocycles. The minimum Gasteiger partial charge on any atom is -0.497 e. The highest BCUT2D eigenvalue weighted by Gasteiger charge is 2.46. The van der Waals surface area contributed by atoms with E-state index in [9.17, 15) is 0 Å². The number of rotatable bonds is 6. The Morgan fingerprint density at radius 3 is 2.41 bits per heavy atom. The predicted octanol–water partition coefficient (Wildman–Crippen LogP) is 3.87. The molecule has 114 valence electrons. The van der Waals surface area contributed by atoms with Crippen molar-refractivity contribution in [3.05, 3.63) is 65.7 Å². The van der Waals surface area contributed by atoms with Gasteiger partial charge in [-0.2, -0.15) is 0 Å². The topological polar surface area (TPSA) is 21.3 Å². The standard InChI is InChI=1S/C20H23NO/c1-22-17-9-7-16(8-10-17)20(11-12-20)14-21-19-13-18(19)15-5-3-2-4-6-15/h2-10,18-19,21H,11-14H2,1H3/t18-,19?/m1/s1. The summed E-state index contributed by atoms with van der Waals surface area (Å²) in [5.41, 5.74) is 3.31. The second kappa shape index (κ2) is 5.44. The summed E-state index contributed by atoms with van der Waals surface area (Å²) in [4.78, 5) is 0. The number of nitrogens with one attached hydrogen (secondary N) is 1. The molecule has 1 N–H and O–H groups in total. The van der Waals surface area contributed by atoms with Crippen molar-refractivity contribution in [3.8, 4) is 5.75 Å². The summed E-state index contributed by atoms with van der Waals surface area (Å²) in [5, 5.41) is 3.80. The highest BCUT2D eigenvalue weighted by atomic mass is 16.5. The molecule has 2 aliphatic carbocycles. The third-order valence-corrected chi connectivity index (χ3v) is 5.28. The molecule has 2 nitrogen and oxygen atoms in total. The molecule has 0 radical (unpaired) electrons. The van der Waals surface area contributed by atoms with Crippen LogP contribution in [0.25, 0.3) is 0 Å². The number of methoxy groups -OCH3 is 1. The number of hydrogen-bond acceptors (Lipinski definition) is 2. The SMILES string of the molecule is COc1ccc(C2(CNC3C[C@@H]3c3ccccc3)CC2)cc1. The van der Waals surface area contributed by atoms with E-state index in [2.05, 4.69) is 59.9 Å². The summed E-state index contributed by atoms with van der Waals surface area (Å²) in [6.07, 6.45) is 3.88. The molecule has 2 aromatic carbocycles. The van der Waals surface area contributed by atoms with E-state index in [1.165, 1.54) is 30.4 Å². The van der Waals surface area contributed by atoms with Gasteiger partial charge in [0.05, 0.1) is 7.11 Å². The van der Waals surface area contributed by atoms with E-state index in [4.69, 9.17) is 4.74 Å². The monoisotopic (exact) mass is 293 g/mol. The zero-order valence-corrected chi connectivity index (χ0v) is 13.1. The summed E-state index contributed by atoms with van der Waals surface area (Å²) < 4.78 is 5.26. The smallest absolute Gasteiger partial charge is 0.118 e. The maximum absolute atomic E-state index is 5.26. The lowest BCUT2D eigenvalue weighted by Crippen LogP contribution is -2.29. The Kier molecular flexibility index (Phi) is 3.42. The van der Waals surface area contributed by atoms with Crippen LogP contribution in [0.15, 0.2) is 54.6 Å². The first-order valence-electron chi connectivity index (χ1n) is 8.24. The van der Waals surface area contributed by atoms with Crippen molar-refractivity contribution >= 4 is 0 Å². The first-order valence-corrected chi connectivity index (χ1v) is 8.24. The van der Waals surface area contributed by atoms with Gasteiger partial charge in [-0.25, -0.2) is 0 Å². The lowest BCUT2D eigenvalue weighted by Gasteiger charge is -2.17. The lowest BCUT2D eigenvalue weighted by atomic mass is 9.96. The molecule has 0 amide bonds. The second-order valence-electron chi connectivity index (χ2n) is 6.75. The van der Waals surface area contributed by atoms with Gasteiger partial charge in [0.1, 0.15) is 5.75 Å². The van der Waals surface area contributed by atoms with Gasteiger partial charge in [-0.05, 0) is 42.5 Å². The summed E-state index contributed by atoms with van der Waals surface area (Å²) in [7, 11) is 1.72. The third-order valence-electron chi connectivity index (χ3n) is 5.28. The van der Waals surface area contributed by atoms with E-state index >= 15 is 0 Å². The summed E-state index contributed by atoms with van der Waals surface area (Å²) in [5.74, 6) is 1.66. The van der Waals surface area contributed by atoms with Crippen LogP contribution < -0.4 is 10.1 Å². The van der Waals surface area contributed by atoms with Crippen LogP contribution in [-0.4, -0.2) is 19.7 Å². The van der Waals surface area contributed by atoms with E-state index in [-0.39, 0.29) is 0 Å². The Morgan fingerprint density at radius 1 is 1.05 bits per heavy atom. The molecule has 2 aliphatic rings. The average molecular weight is 293 g/mol. The van der Waals surface area contributed by atoms with Crippen LogP contribution in [0, 0.1) is 0 Å². The highest BCUT2D eigenvalue weighted by Crippen LogP contribution is 2.49. The molecule has 2 saturated carbocycles. The maximum atomic E-state index is 5.26. The van der Waals surface area contributed by atoms with Gasteiger partial charge in [0.2, 0.25) is 0 Å². The first-order chi connectivity index (χ1) is 10.8. The van der Waals surface area contributed by atoms with E-state index in [0.29, 0.717) is 17.4 Å². The molecule has 2 atom stereocenters. The fourth-order valence-corrected chi connectivity index (χ4v) is 3.48. The highest BCUT2D eigenvalue weighted by molar-refractivity contribution is 5.37. The van der Waals surface area contributed by atoms with Crippen LogP contribution in [0.3, 0.4) is 0 Å². The number of ether oxygens (including phenoxy) is 1. The van der Waals surface area contributed by atoms with E-state index in [0.717, 1.165) is 12.3 Å². The van der Waals surface area contributed by atoms with Gasteiger partial charge in [-0.3, -0.25) is 0 Å². The Bertz CT molecular complexity index is 631. The molecule has 22 heavy (non-hydrogen) atoms. The average Bonchev–Trinajstić information content (AvgIpc) is 3.48. The quantitative estimate of drug-likeness (QED) is 0.873. The van der Waals surface area contributed by atoms with Crippen LogP contribution >= 0.6 is 0 Å². The Balaban J connectivity index is 1.36. The van der Waals surface area contributed by atoms with Crippen molar-refractivity contribution in [2.45, 2.75) is 36.6 Å². The Morgan fingerprint density at radius 2 is 1.77 bits per heavy atom. The molecule has 0 spiro atoms. The van der Waals surface area contributed by atoms with Crippen molar-refractivity contribution in [2.75, 3.05) is 13.7 Å².